The molecule has 0 aromatic heterocycles. The van der Waals surface area contributed by atoms with Crippen LogP contribution in [-0.4, -0.2) is 22.3 Å². The van der Waals surface area contributed by atoms with E-state index in [-0.39, 0.29) is 0 Å². The van der Waals surface area contributed by atoms with Gasteiger partial charge in [-0.2, -0.15) is 0 Å². The van der Waals surface area contributed by atoms with Crippen LogP contribution in [0.2, 0.25) is 0 Å². The van der Waals surface area contributed by atoms with Crippen LogP contribution in [0.5, 0.6) is 0 Å². The number of aliphatic hydroxyl groups excluding tert-OH is 1. The number of carboxylic acids is 1. The SMILES string of the molecule is CC[C@H](C)CC[C@@H](O)C(=O)O. The van der Waals surface area contributed by atoms with Crippen molar-refractivity contribution in [2.75, 3.05) is 0 Å². The summed E-state index contributed by atoms with van der Waals surface area (Å²) in [6.07, 6.45) is 1.00. The monoisotopic (exact) mass is 160 g/mol. The predicted octanol–water partition coefficient (Wildman–Crippen LogP) is 1.26. The summed E-state index contributed by atoms with van der Waals surface area (Å²) in [5.41, 5.74) is 0. The Morgan fingerprint density at radius 1 is 1.45 bits per heavy atom. The Kier molecular flexibility index (Phi) is 4.86. The second-order valence-electron chi connectivity index (χ2n) is 2.94. The Hall–Kier alpha value is -0.570. The van der Waals surface area contributed by atoms with E-state index in [9.17, 15) is 4.79 Å². The Bertz CT molecular complexity index is 123. The summed E-state index contributed by atoms with van der Waals surface area (Å²) in [6.45, 7) is 4.10. The van der Waals surface area contributed by atoms with E-state index >= 15 is 0 Å². The summed E-state index contributed by atoms with van der Waals surface area (Å²) in [6, 6.07) is 0. The lowest BCUT2D eigenvalue weighted by atomic mass is 10.0. The molecule has 0 spiro atoms. The van der Waals surface area contributed by atoms with Gasteiger partial charge in [0.1, 0.15) is 0 Å². The second kappa shape index (κ2) is 5.13. The third-order valence-electron chi connectivity index (χ3n) is 1.91. The van der Waals surface area contributed by atoms with E-state index in [1.165, 1.54) is 0 Å². The van der Waals surface area contributed by atoms with Crippen molar-refractivity contribution in [3.63, 3.8) is 0 Å². The number of carbonyl (C=O) groups is 1. The number of aliphatic hydroxyl groups is 1. The molecule has 0 fully saturated rings. The number of aliphatic carboxylic acids is 1. The summed E-state index contributed by atoms with van der Waals surface area (Å²) in [4.78, 5) is 10.2. The molecule has 0 aliphatic heterocycles. The average molecular weight is 160 g/mol. The van der Waals surface area contributed by atoms with Crippen LogP contribution in [0.1, 0.15) is 33.1 Å². The zero-order valence-corrected chi connectivity index (χ0v) is 7.08. The van der Waals surface area contributed by atoms with Crippen molar-refractivity contribution in [1.29, 1.82) is 0 Å². The van der Waals surface area contributed by atoms with Crippen LogP contribution in [0.15, 0.2) is 0 Å². The average Bonchev–Trinajstić information content (AvgIpc) is 1.99. The lowest BCUT2D eigenvalue weighted by molar-refractivity contribution is -0.147. The van der Waals surface area contributed by atoms with E-state index in [0.29, 0.717) is 12.3 Å². The zero-order chi connectivity index (χ0) is 8.85. The fraction of sp³-hybridized carbons (Fsp3) is 0.875. The van der Waals surface area contributed by atoms with Gasteiger partial charge in [0, 0.05) is 0 Å². The molecule has 0 aromatic carbocycles. The number of hydrogen-bond acceptors (Lipinski definition) is 2. The Balaban J connectivity index is 3.45. The first-order valence-electron chi connectivity index (χ1n) is 3.98. The highest BCUT2D eigenvalue weighted by atomic mass is 16.4. The van der Waals surface area contributed by atoms with Gasteiger partial charge >= 0.3 is 5.97 Å². The lowest BCUT2D eigenvalue weighted by Gasteiger charge is -2.09. The van der Waals surface area contributed by atoms with Gasteiger partial charge in [0.25, 0.3) is 0 Å². The van der Waals surface area contributed by atoms with Crippen molar-refractivity contribution in [3.8, 4) is 0 Å². The van der Waals surface area contributed by atoms with E-state index in [0.717, 1.165) is 12.8 Å². The van der Waals surface area contributed by atoms with Gasteiger partial charge in [-0.05, 0) is 18.8 Å². The van der Waals surface area contributed by atoms with Crippen molar-refractivity contribution < 1.29 is 15.0 Å². The molecule has 0 unspecified atom stereocenters. The minimum atomic E-state index is -1.18. The summed E-state index contributed by atoms with van der Waals surface area (Å²) in [7, 11) is 0. The lowest BCUT2D eigenvalue weighted by Crippen LogP contribution is -2.19. The molecule has 2 atom stereocenters. The molecule has 0 aliphatic rings. The first kappa shape index (κ1) is 10.4. The molecule has 0 bridgehead atoms. The van der Waals surface area contributed by atoms with E-state index in [4.69, 9.17) is 10.2 Å². The van der Waals surface area contributed by atoms with E-state index < -0.39 is 12.1 Å². The molecule has 0 heterocycles. The molecule has 2 N–H and O–H groups in total. The van der Waals surface area contributed by atoms with Gasteiger partial charge in [0.15, 0.2) is 6.10 Å². The first-order valence-corrected chi connectivity index (χ1v) is 3.98. The molecule has 0 saturated carbocycles. The van der Waals surface area contributed by atoms with Crippen molar-refractivity contribution in [2.45, 2.75) is 39.2 Å². The quantitative estimate of drug-likeness (QED) is 0.636. The van der Waals surface area contributed by atoms with Gasteiger partial charge in [-0.15, -0.1) is 0 Å². The summed E-state index contributed by atoms with van der Waals surface area (Å²) in [5.74, 6) is -0.614. The summed E-state index contributed by atoms with van der Waals surface area (Å²) >= 11 is 0. The maximum absolute atomic E-state index is 10.2. The highest BCUT2D eigenvalue weighted by Crippen LogP contribution is 2.10. The highest BCUT2D eigenvalue weighted by molar-refractivity contribution is 5.71. The van der Waals surface area contributed by atoms with Crippen LogP contribution in [0.3, 0.4) is 0 Å². The van der Waals surface area contributed by atoms with Crippen LogP contribution in [0.4, 0.5) is 0 Å². The number of hydrogen-bond donors (Lipinski definition) is 2. The van der Waals surface area contributed by atoms with Crippen LogP contribution in [0.25, 0.3) is 0 Å². The van der Waals surface area contributed by atoms with Crippen LogP contribution < -0.4 is 0 Å². The number of rotatable bonds is 5. The minimum absolute atomic E-state index is 0.365. The Labute approximate surface area is 67.0 Å². The summed E-state index contributed by atoms with van der Waals surface area (Å²) < 4.78 is 0. The van der Waals surface area contributed by atoms with Gasteiger partial charge in [0.2, 0.25) is 0 Å². The second-order valence-corrected chi connectivity index (χ2v) is 2.94. The summed E-state index contributed by atoms with van der Waals surface area (Å²) in [5, 5.41) is 17.2. The molecule has 0 aromatic rings. The van der Waals surface area contributed by atoms with Crippen LogP contribution >= 0.6 is 0 Å². The topological polar surface area (TPSA) is 57.5 Å². The van der Waals surface area contributed by atoms with Crippen LogP contribution in [0, 0.1) is 5.92 Å². The maximum atomic E-state index is 10.2. The van der Waals surface area contributed by atoms with Gasteiger partial charge in [-0.25, -0.2) is 4.79 Å². The third kappa shape index (κ3) is 4.79. The van der Waals surface area contributed by atoms with Gasteiger partial charge < -0.3 is 10.2 Å². The predicted molar refractivity (Wildman–Crippen MR) is 42.3 cm³/mol. The molecule has 0 amide bonds. The largest absolute Gasteiger partial charge is 0.479 e. The van der Waals surface area contributed by atoms with Gasteiger partial charge in [-0.1, -0.05) is 20.3 Å². The molecule has 3 heteroatoms. The smallest absolute Gasteiger partial charge is 0.332 e. The van der Waals surface area contributed by atoms with Crippen molar-refractivity contribution in [1.82, 2.24) is 0 Å². The molecule has 0 saturated heterocycles. The highest BCUT2D eigenvalue weighted by Gasteiger charge is 2.13. The normalized spacial score (nSPS) is 15.9. The zero-order valence-electron chi connectivity index (χ0n) is 7.08. The van der Waals surface area contributed by atoms with E-state index in [1.807, 2.05) is 0 Å². The molecular formula is C8H16O3. The van der Waals surface area contributed by atoms with Gasteiger partial charge in [-0.3, -0.25) is 0 Å². The van der Waals surface area contributed by atoms with Crippen molar-refractivity contribution >= 4 is 5.97 Å². The Morgan fingerprint density at radius 2 is 2.00 bits per heavy atom. The van der Waals surface area contributed by atoms with Gasteiger partial charge in [0.05, 0.1) is 0 Å². The van der Waals surface area contributed by atoms with E-state index in [1.54, 1.807) is 0 Å². The molecule has 0 aliphatic carbocycles. The van der Waals surface area contributed by atoms with E-state index in [2.05, 4.69) is 13.8 Å². The molecular weight excluding hydrogens is 144 g/mol. The van der Waals surface area contributed by atoms with Crippen LogP contribution in [-0.2, 0) is 4.79 Å². The minimum Gasteiger partial charge on any atom is -0.479 e. The maximum Gasteiger partial charge on any atom is 0.332 e. The first-order chi connectivity index (χ1) is 5.07. The standard InChI is InChI=1S/C8H16O3/c1-3-6(2)4-5-7(9)8(10)11/h6-7,9H,3-5H2,1-2H3,(H,10,11)/t6-,7+/m0/s1. The molecule has 66 valence electrons. The fourth-order valence-electron chi connectivity index (χ4n) is 0.770. The third-order valence-corrected chi connectivity index (χ3v) is 1.91. The Morgan fingerprint density at radius 3 is 2.36 bits per heavy atom. The van der Waals surface area contributed by atoms with Crippen molar-refractivity contribution in [3.05, 3.63) is 0 Å². The molecule has 3 nitrogen and oxygen atoms in total. The van der Waals surface area contributed by atoms with Crippen molar-refractivity contribution in [2.24, 2.45) is 5.92 Å². The molecule has 11 heavy (non-hydrogen) atoms. The molecule has 0 radical (unpaired) electrons. The fourth-order valence-corrected chi connectivity index (χ4v) is 0.770. The number of carboxylic acid groups (broad SMARTS) is 1. The molecule has 0 rings (SSSR count).